The summed E-state index contributed by atoms with van der Waals surface area (Å²) in [6.45, 7) is 11.3. The lowest BCUT2D eigenvalue weighted by Crippen LogP contribution is -2.50. The van der Waals surface area contributed by atoms with Crippen molar-refractivity contribution in [3.8, 4) is 0 Å². The fourth-order valence-corrected chi connectivity index (χ4v) is 2.53. The van der Waals surface area contributed by atoms with Crippen LogP contribution in [0.3, 0.4) is 0 Å². The Kier molecular flexibility index (Phi) is 7.24. The van der Waals surface area contributed by atoms with Crippen LogP contribution in [0.2, 0.25) is 0 Å². The molecule has 0 saturated carbocycles. The van der Waals surface area contributed by atoms with Crippen LogP contribution in [0, 0.1) is 5.92 Å². The van der Waals surface area contributed by atoms with Crippen molar-refractivity contribution < 1.29 is 9.90 Å². The molecule has 24 heavy (non-hydrogen) atoms. The second kappa shape index (κ2) is 8.49. The first-order valence-electron chi connectivity index (χ1n) is 8.65. The lowest BCUT2D eigenvalue weighted by atomic mass is 9.98. The maximum atomic E-state index is 12.4. The van der Waals surface area contributed by atoms with Crippen molar-refractivity contribution in [2.45, 2.75) is 58.7 Å². The molecule has 1 aromatic rings. The van der Waals surface area contributed by atoms with Gasteiger partial charge in [-0.2, -0.15) is 0 Å². The maximum Gasteiger partial charge on any atom is 0.317 e. The number of urea groups is 1. The molecule has 136 valence electrons. The number of benzene rings is 1. The van der Waals surface area contributed by atoms with Gasteiger partial charge in [0.15, 0.2) is 0 Å². The number of nitrogens with two attached hydrogens (primary N) is 1. The average molecular weight is 335 g/mol. The number of nitrogens with one attached hydrogen (secondary N) is 1. The lowest BCUT2D eigenvalue weighted by molar-refractivity contribution is 0.0297. The summed E-state index contributed by atoms with van der Waals surface area (Å²) in [5, 5.41) is 13.5. The van der Waals surface area contributed by atoms with Gasteiger partial charge in [0.05, 0.1) is 0 Å². The number of carbonyl (C=O) groups excluding carboxylic acids is 1. The number of rotatable bonds is 7. The molecule has 0 fully saturated rings. The van der Waals surface area contributed by atoms with Gasteiger partial charge in [-0.1, -0.05) is 44.2 Å². The van der Waals surface area contributed by atoms with E-state index in [1.54, 1.807) is 4.90 Å². The van der Waals surface area contributed by atoms with Crippen molar-refractivity contribution in [1.29, 1.82) is 0 Å². The maximum absolute atomic E-state index is 12.4. The normalized spacial score (nSPS) is 14.3. The van der Waals surface area contributed by atoms with E-state index in [9.17, 15) is 9.90 Å². The fourth-order valence-electron chi connectivity index (χ4n) is 2.53. The topological polar surface area (TPSA) is 78.6 Å². The van der Waals surface area contributed by atoms with Crippen molar-refractivity contribution in [1.82, 2.24) is 10.2 Å². The van der Waals surface area contributed by atoms with Gasteiger partial charge in [-0.25, -0.2) is 4.79 Å². The Labute approximate surface area is 146 Å². The first-order chi connectivity index (χ1) is 11.0. The van der Waals surface area contributed by atoms with E-state index in [0.717, 1.165) is 0 Å². The summed E-state index contributed by atoms with van der Waals surface area (Å²) in [5.41, 5.74) is 5.09. The van der Waals surface area contributed by atoms with Crippen LogP contribution in [0.25, 0.3) is 0 Å². The Morgan fingerprint density at radius 3 is 2.33 bits per heavy atom. The molecule has 0 bridgehead atoms. The van der Waals surface area contributed by atoms with Crippen molar-refractivity contribution in [3.05, 3.63) is 35.9 Å². The lowest BCUT2D eigenvalue weighted by Gasteiger charge is -2.31. The molecule has 0 aromatic heterocycles. The Morgan fingerprint density at radius 2 is 1.83 bits per heavy atom. The van der Waals surface area contributed by atoms with E-state index < -0.39 is 5.72 Å². The van der Waals surface area contributed by atoms with Gasteiger partial charge in [-0.15, -0.1) is 0 Å². The minimum Gasteiger partial charge on any atom is -0.372 e. The molecule has 1 aromatic carbocycles. The molecular weight excluding hydrogens is 302 g/mol. The smallest absolute Gasteiger partial charge is 0.317 e. The highest BCUT2D eigenvalue weighted by atomic mass is 16.3. The first kappa shape index (κ1) is 20.5. The second-order valence-electron chi connectivity index (χ2n) is 7.91. The van der Waals surface area contributed by atoms with Crippen LogP contribution in [0.1, 0.15) is 53.0 Å². The van der Waals surface area contributed by atoms with E-state index in [-0.39, 0.29) is 11.6 Å². The van der Waals surface area contributed by atoms with E-state index in [1.807, 2.05) is 51.1 Å². The molecule has 1 rings (SSSR count). The zero-order chi connectivity index (χ0) is 18.4. The monoisotopic (exact) mass is 335 g/mol. The average Bonchev–Trinajstić information content (AvgIpc) is 2.45. The van der Waals surface area contributed by atoms with Crippen LogP contribution < -0.4 is 11.1 Å². The van der Waals surface area contributed by atoms with Crippen molar-refractivity contribution in [2.24, 2.45) is 11.7 Å². The molecule has 0 radical (unpaired) electrons. The summed E-state index contributed by atoms with van der Waals surface area (Å²) in [7, 11) is 0. The van der Waals surface area contributed by atoms with Crippen LogP contribution in [0.5, 0.6) is 0 Å². The Morgan fingerprint density at radius 1 is 1.25 bits per heavy atom. The van der Waals surface area contributed by atoms with E-state index in [0.29, 0.717) is 37.4 Å². The van der Waals surface area contributed by atoms with Gasteiger partial charge in [0.1, 0.15) is 5.72 Å². The molecule has 0 saturated heterocycles. The SMILES string of the molecule is CC(C)CN(CCCC(N)(O)c1ccccc1)C(=O)NC(C)(C)C. The number of hydrogen-bond donors (Lipinski definition) is 3. The van der Waals surface area contributed by atoms with E-state index >= 15 is 0 Å². The van der Waals surface area contributed by atoms with Gasteiger partial charge in [0, 0.05) is 18.6 Å². The van der Waals surface area contributed by atoms with E-state index in [1.165, 1.54) is 0 Å². The van der Waals surface area contributed by atoms with Gasteiger partial charge in [0.25, 0.3) is 0 Å². The van der Waals surface area contributed by atoms with Gasteiger partial charge in [-0.05, 0) is 45.1 Å². The third-order valence-electron chi connectivity index (χ3n) is 3.61. The summed E-state index contributed by atoms with van der Waals surface area (Å²) in [5.74, 6) is 0.376. The number of hydrogen-bond acceptors (Lipinski definition) is 3. The zero-order valence-corrected chi connectivity index (χ0v) is 15.7. The van der Waals surface area contributed by atoms with Crippen LogP contribution in [0.15, 0.2) is 30.3 Å². The highest BCUT2D eigenvalue weighted by Crippen LogP contribution is 2.20. The van der Waals surface area contributed by atoms with E-state index in [4.69, 9.17) is 5.73 Å². The molecule has 0 aliphatic rings. The zero-order valence-electron chi connectivity index (χ0n) is 15.7. The highest BCUT2D eigenvalue weighted by Gasteiger charge is 2.25. The van der Waals surface area contributed by atoms with E-state index in [2.05, 4.69) is 19.2 Å². The minimum absolute atomic E-state index is 0.0727. The fraction of sp³-hybridized carbons (Fsp3) is 0.632. The molecular formula is C19H33N3O2. The van der Waals surface area contributed by atoms with Crippen LogP contribution in [0.4, 0.5) is 4.79 Å². The van der Waals surface area contributed by atoms with Gasteiger partial charge >= 0.3 is 6.03 Å². The molecule has 0 heterocycles. The van der Waals surface area contributed by atoms with Crippen molar-refractivity contribution in [3.63, 3.8) is 0 Å². The number of amides is 2. The summed E-state index contributed by atoms with van der Waals surface area (Å²) < 4.78 is 0. The molecule has 1 unspecified atom stereocenters. The molecule has 0 aliphatic carbocycles. The molecule has 1 atom stereocenters. The third kappa shape index (κ3) is 7.32. The first-order valence-corrected chi connectivity index (χ1v) is 8.65. The molecule has 5 heteroatoms. The summed E-state index contributed by atoms with van der Waals surface area (Å²) >= 11 is 0. The standard InChI is InChI=1S/C19H33N3O2/c1-15(2)14-22(17(23)21-18(3,4)5)13-9-12-19(20,24)16-10-7-6-8-11-16/h6-8,10-11,15,24H,9,12-14,20H2,1-5H3,(H,21,23). The minimum atomic E-state index is -1.37. The van der Waals surface area contributed by atoms with Crippen LogP contribution in [-0.2, 0) is 5.72 Å². The van der Waals surface area contributed by atoms with Crippen LogP contribution >= 0.6 is 0 Å². The Hall–Kier alpha value is -1.59. The Bertz CT molecular complexity index is 507. The Balaban J connectivity index is 2.63. The predicted octanol–water partition coefficient (Wildman–Crippen LogP) is 3.04. The molecule has 2 amide bonds. The molecule has 4 N–H and O–H groups in total. The number of aliphatic hydroxyl groups is 1. The van der Waals surface area contributed by atoms with Gasteiger partial charge < -0.3 is 15.3 Å². The van der Waals surface area contributed by atoms with Crippen molar-refractivity contribution in [2.75, 3.05) is 13.1 Å². The summed E-state index contributed by atoms with van der Waals surface area (Å²) in [6, 6.07) is 9.16. The van der Waals surface area contributed by atoms with Gasteiger partial charge in [-0.3, -0.25) is 5.73 Å². The van der Waals surface area contributed by atoms with Crippen molar-refractivity contribution >= 4 is 6.03 Å². The highest BCUT2D eigenvalue weighted by molar-refractivity contribution is 5.74. The number of carbonyl (C=O) groups is 1. The molecule has 0 spiro atoms. The largest absolute Gasteiger partial charge is 0.372 e. The quantitative estimate of drug-likeness (QED) is 0.670. The van der Waals surface area contributed by atoms with Gasteiger partial charge in [0.2, 0.25) is 0 Å². The van der Waals surface area contributed by atoms with Crippen LogP contribution in [-0.4, -0.2) is 34.7 Å². The molecule has 5 nitrogen and oxygen atoms in total. The summed E-state index contributed by atoms with van der Waals surface area (Å²) in [6.07, 6.45) is 1.03. The predicted molar refractivity (Wildman–Crippen MR) is 98.5 cm³/mol. The third-order valence-corrected chi connectivity index (χ3v) is 3.61. The molecule has 0 aliphatic heterocycles. The summed E-state index contributed by atoms with van der Waals surface area (Å²) in [4.78, 5) is 14.2. The number of nitrogens with zero attached hydrogens (tertiary/aromatic N) is 1. The second-order valence-corrected chi connectivity index (χ2v) is 7.91.